The third-order valence-electron chi connectivity index (χ3n) is 3.96. The van der Waals surface area contributed by atoms with Gasteiger partial charge in [0.25, 0.3) is 0 Å². The Balaban J connectivity index is 1.90. The van der Waals surface area contributed by atoms with E-state index in [9.17, 15) is 9.59 Å². The van der Waals surface area contributed by atoms with E-state index >= 15 is 0 Å². The highest BCUT2D eigenvalue weighted by atomic mass is 79.9. The molecular weight excluding hydrogens is 424 g/mol. The van der Waals surface area contributed by atoms with Crippen molar-refractivity contribution in [3.63, 3.8) is 0 Å². The monoisotopic (exact) mass is 442 g/mol. The number of carbonyl (C=O) groups is 2. The average molecular weight is 443 g/mol. The summed E-state index contributed by atoms with van der Waals surface area (Å²) in [6, 6.07) is 2.49. The second-order valence-corrected chi connectivity index (χ2v) is 7.88. The van der Waals surface area contributed by atoms with E-state index in [-0.39, 0.29) is 12.8 Å². The topological polar surface area (TPSA) is 85.9 Å². The molecule has 7 nitrogen and oxygen atoms in total. The maximum Gasteiger partial charge on any atom is 0.338 e. The molecule has 0 aromatic heterocycles. The molecule has 0 unspecified atom stereocenters. The number of esters is 1. The Morgan fingerprint density at radius 3 is 2.85 bits per heavy atom. The first-order valence-corrected chi connectivity index (χ1v) is 10.1. The fraction of sp³-hybridized carbons (Fsp3) is 0.412. The predicted octanol–water partition coefficient (Wildman–Crippen LogP) is 3.10. The Labute approximate surface area is 163 Å². The van der Waals surface area contributed by atoms with Gasteiger partial charge in [-0.25, -0.2) is 9.59 Å². The zero-order valence-electron chi connectivity index (χ0n) is 14.4. The van der Waals surface area contributed by atoms with Crippen molar-refractivity contribution in [3.8, 4) is 11.5 Å². The zero-order chi connectivity index (χ0) is 18.7. The van der Waals surface area contributed by atoms with Crippen molar-refractivity contribution in [2.24, 2.45) is 0 Å². The highest BCUT2D eigenvalue weighted by Crippen LogP contribution is 2.41. The largest absolute Gasteiger partial charge is 0.461 e. The van der Waals surface area contributed by atoms with Gasteiger partial charge in [0.15, 0.2) is 11.5 Å². The minimum Gasteiger partial charge on any atom is -0.461 e. The summed E-state index contributed by atoms with van der Waals surface area (Å²) in [5.74, 6) is 2.42. The fourth-order valence-corrected chi connectivity index (χ4v) is 3.81. The molecule has 0 spiro atoms. The SMILES string of the molecule is CCSCCOC(=O)C1=C(C)NC(=O)N[C@@H]1c1cc2c(cc1Br)OCO2. The summed E-state index contributed by atoms with van der Waals surface area (Å²) in [5, 5.41) is 5.42. The number of urea groups is 1. The van der Waals surface area contributed by atoms with Crippen LogP contribution in [0.4, 0.5) is 4.79 Å². The number of hydrogen-bond acceptors (Lipinski definition) is 6. The van der Waals surface area contributed by atoms with Crippen LogP contribution in [0.25, 0.3) is 0 Å². The number of ether oxygens (including phenoxy) is 3. The van der Waals surface area contributed by atoms with Crippen LogP contribution in [0.15, 0.2) is 27.9 Å². The van der Waals surface area contributed by atoms with E-state index in [1.165, 1.54) is 0 Å². The number of fused-ring (bicyclic) bond motifs is 1. The number of amides is 2. The summed E-state index contributed by atoms with van der Waals surface area (Å²) in [5.41, 5.74) is 1.53. The second-order valence-electron chi connectivity index (χ2n) is 5.63. The summed E-state index contributed by atoms with van der Waals surface area (Å²) in [7, 11) is 0. The van der Waals surface area contributed by atoms with Gasteiger partial charge in [0.1, 0.15) is 6.61 Å². The van der Waals surface area contributed by atoms with Crippen LogP contribution in [0.5, 0.6) is 11.5 Å². The van der Waals surface area contributed by atoms with Crippen LogP contribution in [0.3, 0.4) is 0 Å². The predicted molar refractivity (Wildman–Crippen MR) is 101 cm³/mol. The molecule has 140 valence electrons. The van der Waals surface area contributed by atoms with Crippen LogP contribution in [-0.4, -0.2) is 36.9 Å². The maximum atomic E-state index is 12.7. The number of nitrogens with one attached hydrogen (secondary N) is 2. The quantitative estimate of drug-likeness (QED) is 0.519. The van der Waals surface area contributed by atoms with E-state index in [1.54, 1.807) is 30.8 Å². The molecule has 1 aromatic rings. The number of thioether (sulfide) groups is 1. The molecule has 0 saturated carbocycles. The Morgan fingerprint density at radius 1 is 1.38 bits per heavy atom. The van der Waals surface area contributed by atoms with Gasteiger partial charge < -0.3 is 24.8 Å². The highest BCUT2D eigenvalue weighted by molar-refractivity contribution is 9.10. The number of benzene rings is 1. The molecule has 0 fully saturated rings. The smallest absolute Gasteiger partial charge is 0.338 e. The maximum absolute atomic E-state index is 12.7. The molecule has 0 bridgehead atoms. The van der Waals surface area contributed by atoms with E-state index in [0.29, 0.717) is 39.4 Å². The van der Waals surface area contributed by atoms with Gasteiger partial charge in [0.2, 0.25) is 6.79 Å². The van der Waals surface area contributed by atoms with Gasteiger partial charge in [-0.1, -0.05) is 22.9 Å². The van der Waals surface area contributed by atoms with Crippen molar-refractivity contribution < 1.29 is 23.8 Å². The van der Waals surface area contributed by atoms with Crippen molar-refractivity contribution >= 4 is 39.7 Å². The third kappa shape index (κ3) is 3.93. The lowest BCUT2D eigenvalue weighted by Crippen LogP contribution is -2.45. The zero-order valence-corrected chi connectivity index (χ0v) is 16.8. The van der Waals surface area contributed by atoms with Crippen molar-refractivity contribution in [3.05, 3.63) is 33.4 Å². The lowest BCUT2D eigenvalue weighted by Gasteiger charge is -2.28. The number of carbonyl (C=O) groups excluding carboxylic acids is 2. The molecule has 26 heavy (non-hydrogen) atoms. The van der Waals surface area contributed by atoms with E-state index in [1.807, 2.05) is 6.92 Å². The van der Waals surface area contributed by atoms with Crippen molar-refractivity contribution in [1.82, 2.24) is 10.6 Å². The fourth-order valence-electron chi connectivity index (χ4n) is 2.77. The Morgan fingerprint density at radius 2 is 2.12 bits per heavy atom. The summed E-state index contributed by atoms with van der Waals surface area (Å²) in [6.45, 7) is 4.19. The van der Waals surface area contributed by atoms with Gasteiger partial charge in [-0.2, -0.15) is 11.8 Å². The van der Waals surface area contributed by atoms with Gasteiger partial charge in [0.05, 0.1) is 11.6 Å². The third-order valence-corrected chi connectivity index (χ3v) is 5.51. The second kappa shape index (κ2) is 8.22. The minimum absolute atomic E-state index is 0.142. The van der Waals surface area contributed by atoms with E-state index in [4.69, 9.17) is 14.2 Å². The molecule has 2 aliphatic heterocycles. The van der Waals surface area contributed by atoms with Crippen LogP contribution in [0, 0.1) is 0 Å². The molecule has 2 heterocycles. The number of hydrogen-bond donors (Lipinski definition) is 2. The number of allylic oxidation sites excluding steroid dienone is 1. The van der Waals surface area contributed by atoms with Gasteiger partial charge in [-0.15, -0.1) is 0 Å². The molecule has 0 saturated heterocycles. The standard InChI is InChI=1S/C17H19BrN2O5S/c1-3-26-5-4-23-16(21)14-9(2)19-17(22)20-15(14)10-6-12-13(7-11(10)18)25-8-24-12/h6-7,15H,3-5,8H2,1-2H3,(H2,19,20,22)/t15-/m1/s1. The molecule has 9 heteroatoms. The van der Waals surface area contributed by atoms with Crippen LogP contribution >= 0.6 is 27.7 Å². The van der Waals surface area contributed by atoms with Gasteiger partial charge >= 0.3 is 12.0 Å². The highest BCUT2D eigenvalue weighted by Gasteiger charge is 2.34. The molecular formula is C17H19BrN2O5S. The van der Waals surface area contributed by atoms with Crippen molar-refractivity contribution in [1.29, 1.82) is 0 Å². The van der Waals surface area contributed by atoms with Crippen LogP contribution < -0.4 is 20.1 Å². The molecule has 2 aliphatic rings. The first kappa shape index (κ1) is 18.9. The van der Waals surface area contributed by atoms with E-state index in [2.05, 4.69) is 26.6 Å². The first-order chi connectivity index (χ1) is 12.5. The lowest BCUT2D eigenvalue weighted by atomic mass is 9.95. The molecule has 0 radical (unpaired) electrons. The molecule has 3 rings (SSSR count). The number of rotatable bonds is 6. The molecule has 1 aromatic carbocycles. The van der Waals surface area contributed by atoms with Crippen molar-refractivity contribution in [2.45, 2.75) is 19.9 Å². The minimum atomic E-state index is -0.654. The summed E-state index contributed by atoms with van der Waals surface area (Å²) >= 11 is 5.18. The van der Waals surface area contributed by atoms with Gasteiger partial charge in [-0.3, -0.25) is 0 Å². The number of halogens is 1. The Hall–Kier alpha value is -1.87. The molecule has 0 aliphatic carbocycles. The Bertz CT molecular complexity index is 768. The normalized spacial score (nSPS) is 18.4. The van der Waals surface area contributed by atoms with Crippen LogP contribution in [0.2, 0.25) is 0 Å². The molecule has 1 atom stereocenters. The summed E-state index contributed by atoms with van der Waals surface area (Å²) in [6.07, 6.45) is 0. The van der Waals surface area contributed by atoms with Crippen molar-refractivity contribution in [2.75, 3.05) is 24.9 Å². The van der Waals surface area contributed by atoms with Crippen LogP contribution in [-0.2, 0) is 9.53 Å². The van der Waals surface area contributed by atoms with E-state index in [0.717, 1.165) is 11.5 Å². The lowest BCUT2D eigenvalue weighted by molar-refractivity contribution is -0.138. The van der Waals surface area contributed by atoms with Crippen LogP contribution in [0.1, 0.15) is 25.5 Å². The molecule has 2 amide bonds. The van der Waals surface area contributed by atoms with E-state index < -0.39 is 12.0 Å². The first-order valence-electron chi connectivity index (χ1n) is 8.13. The van der Waals surface area contributed by atoms with Gasteiger partial charge in [0, 0.05) is 15.9 Å². The summed E-state index contributed by atoms with van der Waals surface area (Å²) in [4.78, 5) is 24.6. The summed E-state index contributed by atoms with van der Waals surface area (Å²) < 4.78 is 16.9. The molecule has 2 N–H and O–H groups in total. The average Bonchev–Trinajstić information content (AvgIpc) is 3.04. The Kier molecular flexibility index (Phi) is 5.98. The van der Waals surface area contributed by atoms with Gasteiger partial charge in [-0.05, 0) is 30.4 Å².